The number of carbonyl (C=O) groups is 2. The maximum absolute atomic E-state index is 12.4. The third-order valence-electron chi connectivity index (χ3n) is 4.60. The largest absolute Gasteiger partial charge is 0.466 e. The normalized spacial score (nSPS) is 16.2. The summed E-state index contributed by atoms with van der Waals surface area (Å²) >= 11 is 0. The van der Waals surface area contributed by atoms with Crippen molar-refractivity contribution in [1.82, 2.24) is 15.3 Å². The summed E-state index contributed by atoms with van der Waals surface area (Å²) in [6.45, 7) is 2.71. The van der Waals surface area contributed by atoms with Crippen LogP contribution in [0.4, 0.5) is 5.82 Å². The summed E-state index contributed by atoms with van der Waals surface area (Å²) in [5.41, 5.74) is 0.538. The van der Waals surface area contributed by atoms with Crippen LogP contribution in [0.25, 0.3) is 6.08 Å². The molecule has 1 aliphatic carbocycles. The Morgan fingerprint density at radius 1 is 1.27 bits per heavy atom. The molecule has 26 heavy (non-hydrogen) atoms. The van der Waals surface area contributed by atoms with Crippen LogP contribution < -0.4 is 10.6 Å². The Morgan fingerprint density at radius 3 is 2.65 bits per heavy atom. The molecule has 1 aromatic rings. The molecule has 0 unspecified atom stereocenters. The van der Waals surface area contributed by atoms with Gasteiger partial charge in [-0.3, -0.25) is 9.78 Å². The molecule has 1 aromatic heterocycles. The maximum Gasteiger partial charge on any atom is 0.330 e. The van der Waals surface area contributed by atoms with Gasteiger partial charge in [-0.05, 0) is 31.3 Å². The third-order valence-corrected chi connectivity index (χ3v) is 4.60. The second-order valence-electron chi connectivity index (χ2n) is 6.54. The lowest BCUT2D eigenvalue weighted by Crippen LogP contribution is -2.41. The van der Waals surface area contributed by atoms with E-state index in [1.54, 1.807) is 6.20 Å². The van der Waals surface area contributed by atoms with Crippen LogP contribution in [0.2, 0.25) is 0 Å². The second-order valence-corrected chi connectivity index (χ2v) is 6.54. The van der Waals surface area contributed by atoms with E-state index in [0.29, 0.717) is 23.9 Å². The van der Waals surface area contributed by atoms with Crippen LogP contribution >= 0.6 is 0 Å². The van der Waals surface area contributed by atoms with Gasteiger partial charge in [0.05, 0.1) is 25.2 Å². The van der Waals surface area contributed by atoms with Gasteiger partial charge < -0.3 is 15.4 Å². The Bertz CT molecular complexity index is 610. The van der Waals surface area contributed by atoms with Gasteiger partial charge in [-0.2, -0.15) is 0 Å². The van der Waals surface area contributed by atoms with Gasteiger partial charge in [-0.25, -0.2) is 9.78 Å². The van der Waals surface area contributed by atoms with E-state index in [1.165, 1.54) is 57.6 Å². The first-order chi connectivity index (χ1) is 12.6. The summed E-state index contributed by atoms with van der Waals surface area (Å²) in [7, 11) is 1.32. The molecule has 0 bridgehead atoms. The smallest absolute Gasteiger partial charge is 0.330 e. The Balaban J connectivity index is 1.84. The topological polar surface area (TPSA) is 93.2 Å². The summed E-state index contributed by atoms with van der Waals surface area (Å²) < 4.78 is 4.53. The van der Waals surface area contributed by atoms with Gasteiger partial charge in [0.15, 0.2) is 0 Å². The molecule has 7 nitrogen and oxygen atoms in total. The average molecular weight is 360 g/mol. The van der Waals surface area contributed by atoms with Crippen LogP contribution in [0.15, 0.2) is 18.5 Å². The monoisotopic (exact) mass is 360 g/mol. The third kappa shape index (κ3) is 6.46. The Labute approximate surface area is 154 Å². The van der Waals surface area contributed by atoms with Gasteiger partial charge in [0.25, 0.3) is 0 Å². The highest BCUT2D eigenvalue weighted by Crippen LogP contribution is 2.22. The molecule has 1 atom stereocenters. The molecular formula is C19H28N4O3. The van der Waals surface area contributed by atoms with E-state index in [1.807, 2.05) is 6.92 Å². The minimum Gasteiger partial charge on any atom is -0.466 e. The number of ether oxygens (including phenoxy) is 1. The standard InChI is InChI=1S/C19H28N4O3/c1-3-16(19(25)22-11-14-7-5-4-6-8-14)23-17-13-20-15(12-21-17)9-10-18(24)26-2/h9-10,12-14,16H,3-8,11H2,1-2H3,(H,21,23)(H,22,25)/b10-9+/t16-/m1/s1. The molecule has 2 rings (SSSR count). The summed E-state index contributed by atoms with van der Waals surface area (Å²) in [5.74, 6) is 0.676. The van der Waals surface area contributed by atoms with Crippen molar-refractivity contribution < 1.29 is 14.3 Å². The number of amides is 1. The van der Waals surface area contributed by atoms with Gasteiger partial charge in [0.1, 0.15) is 11.9 Å². The molecule has 1 saturated carbocycles. The van der Waals surface area contributed by atoms with E-state index >= 15 is 0 Å². The number of hydrogen-bond donors (Lipinski definition) is 2. The molecule has 1 aliphatic rings. The predicted octanol–water partition coefficient (Wildman–Crippen LogP) is 2.55. The number of hydrogen-bond acceptors (Lipinski definition) is 6. The molecular weight excluding hydrogens is 332 g/mol. The van der Waals surface area contributed by atoms with Gasteiger partial charge in [-0.1, -0.05) is 26.2 Å². The molecule has 0 radical (unpaired) electrons. The quantitative estimate of drug-likeness (QED) is 0.547. The molecule has 1 fully saturated rings. The highest BCUT2D eigenvalue weighted by molar-refractivity contribution is 5.86. The fourth-order valence-electron chi connectivity index (χ4n) is 3.01. The van der Waals surface area contributed by atoms with E-state index in [0.717, 1.165) is 6.54 Å². The summed E-state index contributed by atoms with van der Waals surface area (Å²) in [4.78, 5) is 31.9. The van der Waals surface area contributed by atoms with Crippen molar-refractivity contribution in [2.24, 2.45) is 5.92 Å². The van der Waals surface area contributed by atoms with Crippen LogP contribution in [0.1, 0.15) is 51.1 Å². The highest BCUT2D eigenvalue weighted by atomic mass is 16.5. The number of rotatable bonds is 8. The Hall–Kier alpha value is -2.44. The molecule has 1 amide bonds. The fourth-order valence-corrected chi connectivity index (χ4v) is 3.01. The van der Waals surface area contributed by atoms with Crippen molar-refractivity contribution in [2.75, 3.05) is 19.0 Å². The minimum absolute atomic E-state index is 0.00506. The maximum atomic E-state index is 12.4. The summed E-state index contributed by atoms with van der Waals surface area (Å²) in [6, 6.07) is -0.343. The molecule has 0 spiro atoms. The Morgan fingerprint density at radius 2 is 2.04 bits per heavy atom. The zero-order valence-corrected chi connectivity index (χ0v) is 15.5. The van der Waals surface area contributed by atoms with Crippen LogP contribution in [0.3, 0.4) is 0 Å². The molecule has 142 valence electrons. The van der Waals surface area contributed by atoms with Crippen molar-refractivity contribution in [2.45, 2.75) is 51.5 Å². The fraction of sp³-hybridized carbons (Fsp3) is 0.579. The van der Waals surface area contributed by atoms with E-state index in [9.17, 15) is 9.59 Å². The average Bonchev–Trinajstić information content (AvgIpc) is 2.70. The molecule has 0 aliphatic heterocycles. The molecule has 0 saturated heterocycles. The van der Waals surface area contributed by atoms with Crippen molar-refractivity contribution in [3.8, 4) is 0 Å². The van der Waals surface area contributed by atoms with Gasteiger partial charge in [0, 0.05) is 12.6 Å². The predicted molar refractivity (Wildman–Crippen MR) is 100 cm³/mol. The first-order valence-corrected chi connectivity index (χ1v) is 9.24. The lowest BCUT2D eigenvalue weighted by molar-refractivity contribution is -0.134. The highest BCUT2D eigenvalue weighted by Gasteiger charge is 2.19. The SMILES string of the molecule is CC[C@@H](Nc1cnc(/C=C/C(=O)OC)cn1)C(=O)NCC1CCCCC1. The second kappa shape index (κ2) is 10.5. The Kier molecular flexibility index (Phi) is 8.05. The van der Waals surface area contributed by atoms with Crippen molar-refractivity contribution in [1.29, 1.82) is 0 Å². The number of anilines is 1. The van der Waals surface area contributed by atoms with Crippen molar-refractivity contribution in [3.63, 3.8) is 0 Å². The number of carbonyl (C=O) groups excluding carboxylic acids is 2. The molecule has 7 heteroatoms. The van der Waals surface area contributed by atoms with E-state index in [-0.39, 0.29) is 11.9 Å². The van der Waals surface area contributed by atoms with E-state index in [4.69, 9.17) is 0 Å². The number of aromatic nitrogens is 2. The number of esters is 1. The molecule has 1 heterocycles. The summed E-state index contributed by atoms with van der Waals surface area (Å²) in [6.07, 6.45) is 12.8. The van der Waals surface area contributed by atoms with E-state index in [2.05, 4.69) is 25.3 Å². The van der Waals surface area contributed by atoms with Gasteiger partial charge >= 0.3 is 5.97 Å². The lowest BCUT2D eigenvalue weighted by Gasteiger charge is -2.23. The minimum atomic E-state index is -0.449. The van der Waals surface area contributed by atoms with Crippen LogP contribution in [-0.2, 0) is 14.3 Å². The zero-order valence-electron chi connectivity index (χ0n) is 15.5. The molecule has 0 aromatic carbocycles. The van der Waals surface area contributed by atoms with Gasteiger partial charge in [0.2, 0.25) is 5.91 Å². The van der Waals surface area contributed by atoms with Crippen LogP contribution in [-0.4, -0.2) is 41.5 Å². The van der Waals surface area contributed by atoms with E-state index < -0.39 is 5.97 Å². The lowest BCUT2D eigenvalue weighted by atomic mass is 9.89. The number of methoxy groups -OCH3 is 1. The number of nitrogens with zero attached hydrogens (tertiary/aromatic N) is 2. The number of nitrogens with one attached hydrogen (secondary N) is 2. The van der Waals surface area contributed by atoms with Crippen molar-refractivity contribution in [3.05, 3.63) is 24.2 Å². The van der Waals surface area contributed by atoms with Crippen LogP contribution in [0.5, 0.6) is 0 Å². The van der Waals surface area contributed by atoms with Gasteiger partial charge in [-0.15, -0.1) is 0 Å². The van der Waals surface area contributed by atoms with Crippen LogP contribution in [0, 0.1) is 5.92 Å². The van der Waals surface area contributed by atoms with Crippen molar-refractivity contribution >= 4 is 23.8 Å². The first kappa shape index (κ1) is 19.9. The molecule has 2 N–H and O–H groups in total. The zero-order chi connectivity index (χ0) is 18.8. The summed E-state index contributed by atoms with van der Waals surface area (Å²) in [5, 5.41) is 6.18. The first-order valence-electron chi connectivity index (χ1n) is 9.24.